The highest BCUT2D eigenvalue weighted by Crippen LogP contribution is 2.27. The fourth-order valence-corrected chi connectivity index (χ4v) is 5.42. The van der Waals surface area contributed by atoms with Crippen molar-refractivity contribution in [1.82, 2.24) is 20.6 Å². The van der Waals surface area contributed by atoms with Gasteiger partial charge in [0.1, 0.15) is 0 Å². The Balaban J connectivity index is 1.11. The van der Waals surface area contributed by atoms with Gasteiger partial charge in [0.2, 0.25) is 11.9 Å². The number of hydrogen-bond donors (Lipinski definition) is 3. The molecule has 0 aliphatic carbocycles. The molecule has 0 bridgehead atoms. The minimum absolute atomic E-state index is 0.0812. The molecule has 0 atom stereocenters. The van der Waals surface area contributed by atoms with Crippen molar-refractivity contribution in [1.29, 1.82) is 0 Å². The highest BCUT2D eigenvalue weighted by atomic mass is 32.2. The van der Waals surface area contributed by atoms with Crippen LogP contribution in [0, 0.1) is 5.92 Å². The molecule has 0 saturated carbocycles. The number of piperidine rings is 1. The molecule has 200 valence electrons. The Morgan fingerprint density at radius 1 is 1.10 bits per heavy atom. The van der Waals surface area contributed by atoms with E-state index in [1.165, 1.54) is 12.5 Å². The van der Waals surface area contributed by atoms with E-state index >= 15 is 0 Å². The van der Waals surface area contributed by atoms with Crippen molar-refractivity contribution in [3.8, 4) is 11.1 Å². The van der Waals surface area contributed by atoms with E-state index in [0.717, 1.165) is 67.6 Å². The molecule has 0 spiro atoms. The summed E-state index contributed by atoms with van der Waals surface area (Å²) < 4.78 is 0. The molecule has 0 unspecified atom stereocenters. The van der Waals surface area contributed by atoms with E-state index in [2.05, 4.69) is 55.1 Å². The summed E-state index contributed by atoms with van der Waals surface area (Å²) in [6.07, 6.45) is 5.38. The SMILES string of the molecule is CC(=O)Nc1cccc(-c2cccc(CNCC3CCN(c4nccc(C=C5SC(=O)NC5=O)n4)CC3)c2)c1. The highest BCUT2D eigenvalue weighted by Gasteiger charge is 2.25. The van der Waals surface area contributed by atoms with Gasteiger partial charge in [0.25, 0.3) is 11.1 Å². The molecule has 2 saturated heterocycles. The first-order valence-electron chi connectivity index (χ1n) is 12.9. The van der Waals surface area contributed by atoms with Crippen LogP contribution in [-0.4, -0.2) is 46.7 Å². The van der Waals surface area contributed by atoms with Gasteiger partial charge in [-0.15, -0.1) is 0 Å². The lowest BCUT2D eigenvalue weighted by molar-refractivity contribution is -0.115. The number of nitrogens with one attached hydrogen (secondary N) is 3. The van der Waals surface area contributed by atoms with Gasteiger partial charge in [0, 0.05) is 38.4 Å². The zero-order chi connectivity index (χ0) is 27.2. The van der Waals surface area contributed by atoms with E-state index in [1.807, 2.05) is 24.3 Å². The third kappa shape index (κ3) is 7.10. The van der Waals surface area contributed by atoms with Crippen molar-refractivity contribution in [3.05, 3.63) is 77.0 Å². The number of rotatable bonds is 8. The van der Waals surface area contributed by atoms with E-state index in [0.29, 0.717) is 22.5 Å². The lowest BCUT2D eigenvalue weighted by Gasteiger charge is -2.32. The maximum atomic E-state index is 11.8. The topological polar surface area (TPSA) is 116 Å². The van der Waals surface area contributed by atoms with Gasteiger partial charge in [-0.3, -0.25) is 19.7 Å². The number of anilines is 2. The van der Waals surface area contributed by atoms with Crippen LogP contribution in [0.15, 0.2) is 65.7 Å². The Hall–Kier alpha value is -4.02. The predicted octanol–water partition coefficient (Wildman–Crippen LogP) is 4.43. The molecular weight excluding hydrogens is 512 g/mol. The van der Waals surface area contributed by atoms with Crippen molar-refractivity contribution >= 4 is 46.5 Å². The monoisotopic (exact) mass is 542 g/mol. The van der Waals surface area contributed by atoms with Crippen LogP contribution in [0.25, 0.3) is 17.2 Å². The fraction of sp³-hybridized carbons (Fsp3) is 0.276. The number of amides is 3. The van der Waals surface area contributed by atoms with Gasteiger partial charge in [-0.25, -0.2) is 9.97 Å². The molecular formula is C29H30N6O3S. The van der Waals surface area contributed by atoms with Crippen LogP contribution in [0.2, 0.25) is 0 Å². The number of aromatic nitrogens is 2. The minimum Gasteiger partial charge on any atom is -0.341 e. The molecule has 3 aromatic rings. The number of carbonyl (C=O) groups is 3. The van der Waals surface area contributed by atoms with Crippen LogP contribution in [0.1, 0.15) is 31.0 Å². The van der Waals surface area contributed by atoms with Gasteiger partial charge in [-0.2, -0.15) is 0 Å². The maximum absolute atomic E-state index is 11.8. The van der Waals surface area contributed by atoms with Gasteiger partial charge < -0.3 is 15.5 Å². The van der Waals surface area contributed by atoms with Crippen molar-refractivity contribution in [2.45, 2.75) is 26.3 Å². The second-order valence-electron chi connectivity index (χ2n) is 9.66. The molecule has 5 rings (SSSR count). The first kappa shape index (κ1) is 26.6. The lowest BCUT2D eigenvalue weighted by Crippen LogP contribution is -2.38. The second-order valence-corrected chi connectivity index (χ2v) is 10.7. The average molecular weight is 543 g/mol. The van der Waals surface area contributed by atoms with Gasteiger partial charge >= 0.3 is 0 Å². The quantitative estimate of drug-likeness (QED) is 0.358. The molecule has 9 nitrogen and oxygen atoms in total. The van der Waals surface area contributed by atoms with E-state index in [9.17, 15) is 14.4 Å². The molecule has 3 N–H and O–H groups in total. The number of nitrogens with zero attached hydrogens (tertiary/aromatic N) is 3. The molecule has 2 aliphatic heterocycles. The van der Waals surface area contributed by atoms with Crippen LogP contribution >= 0.6 is 11.8 Å². The highest BCUT2D eigenvalue weighted by molar-refractivity contribution is 8.18. The Morgan fingerprint density at radius 2 is 1.87 bits per heavy atom. The number of imide groups is 1. The smallest absolute Gasteiger partial charge is 0.290 e. The molecule has 10 heteroatoms. The van der Waals surface area contributed by atoms with Crippen molar-refractivity contribution in [2.75, 3.05) is 29.9 Å². The summed E-state index contributed by atoms with van der Waals surface area (Å²) >= 11 is 0.885. The summed E-state index contributed by atoms with van der Waals surface area (Å²) in [5.74, 6) is 0.738. The van der Waals surface area contributed by atoms with Crippen LogP contribution in [0.3, 0.4) is 0 Å². The van der Waals surface area contributed by atoms with E-state index in [1.54, 1.807) is 18.3 Å². The summed E-state index contributed by atoms with van der Waals surface area (Å²) in [5.41, 5.74) is 4.80. The summed E-state index contributed by atoms with van der Waals surface area (Å²) in [4.78, 5) is 46.2. The van der Waals surface area contributed by atoms with Gasteiger partial charge in [0.05, 0.1) is 10.6 Å². The van der Waals surface area contributed by atoms with Gasteiger partial charge in [0.15, 0.2) is 0 Å². The zero-order valence-electron chi connectivity index (χ0n) is 21.6. The number of thioether (sulfide) groups is 1. The minimum atomic E-state index is -0.388. The molecule has 3 heterocycles. The number of hydrogen-bond acceptors (Lipinski definition) is 8. The normalized spacial score (nSPS) is 16.9. The van der Waals surface area contributed by atoms with Crippen LogP contribution in [0.5, 0.6) is 0 Å². The second kappa shape index (κ2) is 12.2. The molecule has 2 fully saturated rings. The lowest BCUT2D eigenvalue weighted by atomic mass is 9.97. The molecule has 2 aromatic carbocycles. The molecule has 2 aliphatic rings. The molecule has 3 amide bonds. The van der Waals surface area contributed by atoms with Crippen molar-refractivity contribution < 1.29 is 14.4 Å². The first-order chi connectivity index (χ1) is 18.9. The molecule has 39 heavy (non-hydrogen) atoms. The maximum Gasteiger partial charge on any atom is 0.290 e. The Kier molecular flexibility index (Phi) is 8.33. The largest absolute Gasteiger partial charge is 0.341 e. The fourth-order valence-electron chi connectivity index (χ4n) is 4.75. The van der Waals surface area contributed by atoms with Crippen LogP contribution in [0.4, 0.5) is 16.4 Å². The summed E-state index contributed by atoms with van der Waals surface area (Å²) in [5, 5.41) is 8.36. The third-order valence-corrected chi connectivity index (χ3v) is 7.50. The predicted molar refractivity (Wildman–Crippen MR) is 154 cm³/mol. The summed E-state index contributed by atoms with van der Waals surface area (Å²) in [6, 6.07) is 18.1. The average Bonchev–Trinajstić information content (AvgIpc) is 3.25. The Morgan fingerprint density at radius 3 is 2.62 bits per heavy atom. The van der Waals surface area contributed by atoms with Gasteiger partial charge in [-0.05, 0) is 84.1 Å². The van der Waals surface area contributed by atoms with Gasteiger partial charge in [-0.1, -0.05) is 30.3 Å². The molecule has 1 aromatic heterocycles. The van der Waals surface area contributed by atoms with E-state index in [4.69, 9.17) is 0 Å². The standard InChI is InChI=1S/C29H30N6O3S/c1-19(36)32-24-7-3-6-23(15-24)22-5-2-4-21(14-22)18-30-17-20-9-12-35(13-10-20)28-31-11-8-25(33-28)16-26-27(37)34-29(38)39-26/h2-8,11,14-16,20,30H,9-10,12-13,17-18H2,1H3,(H,32,36)(H,34,37,38). The van der Waals surface area contributed by atoms with Crippen molar-refractivity contribution in [3.63, 3.8) is 0 Å². The third-order valence-electron chi connectivity index (χ3n) is 6.69. The Labute approximate surface area is 231 Å². The van der Waals surface area contributed by atoms with Crippen LogP contribution in [-0.2, 0) is 16.1 Å². The van der Waals surface area contributed by atoms with Crippen LogP contribution < -0.4 is 20.9 Å². The first-order valence-corrected chi connectivity index (χ1v) is 13.7. The van der Waals surface area contributed by atoms with Crippen molar-refractivity contribution in [2.24, 2.45) is 5.92 Å². The zero-order valence-corrected chi connectivity index (χ0v) is 22.5. The summed E-state index contributed by atoms with van der Waals surface area (Å²) in [6.45, 7) is 4.95. The number of carbonyl (C=O) groups excluding carboxylic acids is 3. The molecule has 0 radical (unpaired) electrons. The van der Waals surface area contributed by atoms with E-state index < -0.39 is 0 Å². The summed E-state index contributed by atoms with van der Waals surface area (Å²) in [7, 11) is 0. The Bertz CT molecular complexity index is 1420. The van der Waals surface area contributed by atoms with E-state index in [-0.39, 0.29) is 17.1 Å². The number of benzene rings is 2.